The van der Waals surface area contributed by atoms with Gasteiger partial charge in [-0.25, -0.2) is 0 Å². The van der Waals surface area contributed by atoms with Crippen molar-refractivity contribution in [2.45, 2.75) is 51.9 Å². The molecule has 3 N–H and O–H groups in total. The van der Waals surface area contributed by atoms with Gasteiger partial charge in [-0.05, 0) is 37.5 Å². The number of nitrogens with one attached hydrogen (secondary N) is 2. The first-order valence-electron chi connectivity index (χ1n) is 8.38. The van der Waals surface area contributed by atoms with E-state index in [-0.39, 0.29) is 23.5 Å². The van der Waals surface area contributed by atoms with Crippen molar-refractivity contribution in [2.75, 3.05) is 13.1 Å². The van der Waals surface area contributed by atoms with Crippen LogP contribution >= 0.6 is 0 Å². The van der Waals surface area contributed by atoms with Gasteiger partial charge in [-0.15, -0.1) is 0 Å². The monoisotopic (exact) mass is 320 g/mol. The van der Waals surface area contributed by atoms with E-state index in [0.717, 1.165) is 37.8 Å². The first-order valence-corrected chi connectivity index (χ1v) is 8.38. The lowest BCUT2D eigenvalue weighted by Crippen LogP contribution is -2.28. The molecule has 5 nitrogen and oxygen atoms in total. The Labute approximate surface area is 138 Å². The number of phenolic OH excluding ortho intramolecular Hbond substituents is 1. The van der Waals surface area contributed by atoms with Crippen molar-refractivity contribution in [3.63, 3.8) is 0 Å². The van der Waals surface area contributed by atoms with Gasteiger partial charge >= 0.3 is 0 Å². The number of carbonyl (C=O) groups excluding carboxylic acids is 2. The van der Waals surface area contributed by atoms with E-state index >= 15 is 0 Å². The maximum Gasteiger partial charge on any atom is 0.227 e. The third kappa shape index (κ3) is 7.68. The number of benzene rings is 1. The first-order chi connectivity index (χ1) is 11.0. The fourth-order valence-electron chi connectivity index (χ4n) is 2.24. The van der Waals surface area contributed by atoms with Gasteiger partial charge < -0.3 is 15.7 Å². The zero-order chi connectivity index (χ0) is 17.1. The molecule has 1 aromatic rings. The maximum absolute atomic E-state index is 12.1. The minimum absolute atomic E-state index is 0.00546. The number of hydrogen-bond acceptors (Lipinski definition) is 3. The Hall–Kier alpha value is -2.04. The molecular weight excluding hydrogens is 292 g/mol. The van der Waals surface area contributed by atoms with Crippen LogP contribution in [-0.2, 0) is 9.59 Å². The van der Waals surface area contributed by atoms with Crippen LogP contribution in [0.5, 0.6) is 5.75 Å². The fraction of sp³-hybridized carbons (Fsp3) is 0.556. The van der Waals surface area contributed by atoms with Crippen LogP contribution in [0.3, 0.4) is 0 Å². The van der Waals surface area contributed by atoms with Gasteiger partial charge in [0.25, 0.3) is 0 Å². The molecule has 1 unspecified atom stereocenters. The van der Waals surface area contributed by atoms with Crippen LogP contribution in [0.1, 0.15) is 57.4 Å². The summed E-state index contributed by atoms with van der Waals surface area (Å²) in [5.74, 6) is 0.0859. The molecule has 0 fully saturated rings. The average Bonchev–Trinajstić information content (AvgIpc) is 2.56. The summed E-state index contributed by atoms with van der Waals surface area (Å²) < 4.78 is 0. The van der Waals surface area contributed by atoms with E-state index in [0.29, 0.717) is 13.0 Å². The summed E-state index contributed by atoms with van der Waals surface area (Å²) in [7, 11) is 0. The number of aromatic hydroxyl groups is 1. The number of carbonyl (C=O) groups is 2. The van der Waals surface area contributed by atoms with Gasteiger partial charge in [-0.2, -0.15) is 0 Å². The topological polar surface area (TPSA) is 78.4 Å². The summed E-state index contributed by atoms with van der Waals surface area (Å²) in [5, 5.41) is 15.1. The van der Waals surface area contributed by atoms with Crippen molar-refractivity contribution in [1.29, 1.82) is 0 Å². The van der Waals surface area contributed by atoms with Gasteiger partial charge in [-0.1, -0.05) is 31.9 Å². The quantitative estimate of drug-likeness (QED) is 0.580. The lowest BCUT2D eigenvalue weighted by atomic mass is 10.0. The van der Waals surface area contributed by atoms with E-state index in [4.69, 9.17) is 0 Å². The fourth-order valence-corrected chi connectivity index (χ4v) is 2.24. The lowest BCUT2D eigenvalue weighted by molar-refractivity contribution is -0.122. The molecule has 2 amide bonds. The Morgan fingerprint density at radius 2 is 1.57 bits per heavy atom. The molecule has 0 radical (unpaired) electrons. The van der Waals surface area contributed by atoms with Crippen LogP contribution in [0.15, 0.2) is 24.3 Å². The predicted octanol–water partition coefficient (Wildman–Crippen LogP) is 2.70. The van der Waals surface area contributed by atoms with Gasteiger partial charge in [0.05, 0.1) is 5.92 Å². The van der Waals surface area contributed by atoms with Gasteiger partial charge in [0.15, 0.2) is 0 Å². The molecule has 5 heteroatoms. The number of hydrogen-bond donors (Lipinski definition) is 3. The van der Waals surface area contributed by atoms with Crippen LogP contribution in [0.4, 0.5) is 0 Å². The third-order valence-corrected chi connectivity index (χ3v) is 3.83. The summed E-state index contributed by atoms with van der Waals surface area (Å²) in [5.41, 5.74) is 0.895. The molecule has 1 rings (SSSR count). The molecule has 0 aliphatic heterocycles. The Balaban J connectivity index is 2.10. The number of unbranched alkanes of at least 4 members (excludes halogenated alkanes) is 3. The predicted molar refractivity (Wildman–Crippen MR) is 91.3 cm³/mol. The standard InChI is InChI=1S/C18H28N2O3/c1-3-17(22)19-12-6-4-5-7-13-20-18(23)14(2)15-8-10-16(21)11-9-15/h8-11,14,21H,3-7,12-13H2,1-2H3,(H,19,22)(H,20,23). The van der Waals surface area contributed by atoms with Crippen molar-refractivity contribution in [3.8, 4) is 5.75 Å². The molecule has 1 aromatic carbocycles. The maximum atomic E-state index is 12.1. The van der Waals surface area contributed by atoms with E-state index in [1.807, 2.05) is 13.8 Å². The average molecular weight is 320 g/mol. The molecule has 128 valence electrons. The second-order valence-electron chi connectivity index (χ2n) is 5.72. The molecule has 0 spiro atoms. The van der Waals surface area contributed by atoms with Crippen molar-refractivity contribution in [1.82, 2.24) is 10.6 Å². The van der Waals surface area contributed by atoms with E-state index in [9.17, 15) is 14.7 Å². The zero-order valence-corrected chi connectivity index (χ0v) is 14.1. The van der Waals surface area contributed by atoms with Gasteiger partial charge in [0.1, 0.15) is 5.75 Å². The van der Waals surface area contributed by atoms with Gasteiger partial charge in [0.2, 0.25) is 11.8 Å². The summed E-state index contributed by atoms with van der Waals surface area (Å²) >= 11 is 0. The smallest absolute Gasteiger partial charge is 0.227 e. The molecule has 0 saturated carbocycles. The second-order valence-corrected chi connectivity index (χ2v) is 5.72. The molecule has 0 saturated heterocycles. The number of amides is 2. The van der Waals surface area contributed by atoms with Crippen LogP contribution in [0.25, 0.3) is 0 Å². The third-order valence-electron chi connectivity index (χ3n) is 3.83. The Kier molecular flexibility index (Phi) is 8.80. The number of rotatable bonds is 10. The molecular formula is C18H28N2O3. The summed E-state index contributed by atoms with van der Waals surface area (Å²) in [6, 6.07) is 6.72. The van der Waals surface area contributed by atoms with E-state index < -0.39 is 0 Å². The highest BCUT2D eigenvalue weighted by Crippen LogP contribution is 2.18. The first kappa shape index (κ1) is 19.0. The highest BCUT2D eigenvalue weighted by Gasteiger charge is 2.14. The zero-order valence-electron chi connectivity index (χ0n) is 14.1. The SMILES string of the molecule is CCC(=O)NCCCCCCNC(=O)C(C)c1ccc(O)cc1. The van der Waals surface area contributed by atoms with Crippen molar-refractivity contribution < 1.29 is 14.7 Å². The van der Waals surface area contributed by atoms with Crippen molar-refractivity contribution in [3.05, 3.63) is 29.8 Å². The van der Waals surface area contributed by atoms with Crippen molar-refractivity contribution >= 4 is 11.8 Å². The summed E-state index contributed by atoms with van der Waals surface area (Å²) in [6.45, 7) is 5.11. The summed E-state index contributed by atoms with van der Waals surface area (Å²) in [6.07, 6.45) is 4.54. The Morgan fingerprint density at radius 3 is 2.13 bits per heavy atom. The molecule has 23 heavy (non-hydrogen) atoms. The van der Waals surface area contributed by atoms with E-state index in [1.165, 1.54) is 0 Å². The highest BCUT2D eigenvalue weighted by molar-refractivity contribution is 5.83. The Morgan fingerprint density at radius 1 is 1.00 bits per heavy atom. The second kappa shape index (κ2) is 10.6. The molecule has 0 bridgehead atoms. The van der Waals surface area contributed by atoms with Crippen LogP contribution in [0.2, 0.25) is 0 Å². The minimum Gasteiger partial charge on any atom is -0.508 e. The molecule has 0 aliphatic carbocycles. The molecule has 0 aromatic heterocycles. The van der Waals surface area contributed by atoms with Crippen LogP contribution in [0, 0.1) is 0 Å². The molecule has 1 atom stereocenters. The highest BCUT2D eigenvalue weighted by atomic mass is 16.3. The number of phenols is 1. The normalized spacial score (nSPS) is 11.7. The van der Waals surface area contributed by atoms with Crippen molar-refractivity contribution in [2.24, 2.45) is 0 Å². The van der Waals surface area contributed by atoms with Gasteiger partial charge in [-0.3, -0.25) is 9.59 Å². The Bertz CT molecular complexity index is 486. The van der Waals surface area contributed by atoms with Crippen LogP contribution < -0.4 is 10.6 Å². The van der Waals surface area contributed by atoms with E-state index in [1.54, 1.807) is 24.3 Å². The molecule has 0 aliphatic rings. The minimum atomic E-state index is -0.222. The summed E-state index contributed by atoms with van der Waals surface area (Å²) in [4.78, 5) is 23.1. The largest absolute Gasteiger partial charge is 0.508 e. The molecule has 0 heterocycles. The van der Waals surface area contributed by atoms with Crippen LogP contribution in [-0.4, -0.2) is 30.0 Å². The van der Waals surface area contributed by atoms with Gasteiger partial charge in [0, 0.05) is 19.5 Å². The lowest BCUT2D eigenvalue weighted by Gasteiger charge is -2.12. The van der Waals surface area contributed by atoms with E-state index in [2.05, 4.69) is 10.6 Å².